The van der Waals surface area contributed by atoms with Gasteiger partial charge in [-0.15, -0.1) is 11.8 Å². The van der Waals surface area contributed by atoms with Gasteiger partial charge in [0, 0.05) is 5.25 Å². The van der Waals surface area contributed by atoms with E-state index in [1.807, 2.05) is 13.8 Å². The molecule has 2 rings (SSSR count). The van der Waals surface area contributed by atoms with E-state index in [0.29, 0.717) is 4.90 Å². The fourth-order valence-electron chi connectivity index (χ4n) is 2.20. The molecule has 1 aliphatic heterocycles. The Morgan fingerprint density at radius 1 is 1.37 bits per heavy atom. The molecule has 0 saturated heterocycles. The molecule has 1 heterocycles. The fraction of sp³-hybridized carbons (Fsp3) is 0.462. The van der Waals surface area contributed by atoms with Crippen molar-refractivity contribution < 1.29 is 18.3 Å². The average molecular weight is 300 g/mol. The zero-order valence-corrected chi connectivity index (χ0v) is 12.4. The smallest absolute Gasteiger partial charge is 0.316 e. The summed E-state index contributed by atoms with van der Waals surface area (Å²) in [6.07, 6.45) is 0. The van der Waals surface area contributed by atoms with Gasteiger partial charge in [0.05, 0.1) is 10.6 Å². The predicted octanol–water partition coefficient (Wildman–Crippen LogP) is 2.36. The van der Waals surface area contributed by atoms with Gasteiger partial charge in [0.15, 0.2) is 9.84 Å². The summed E-state index contributed by atoms with van der Waals surface area (Å²) < 4.78 is 24.0. The first-order valence-electron chi connectivity index (χ1n) is 6.03. The SMILES string of the molecule is CC(C)C(SC1CS(=O)(=O)c2ccccc21)C(=O)O. The van der Waals surface area contributed by atoms with Crippen LogP contribution in [0.2, 0.25) is 0 Å². The van der Waals surface area contributed by atoms with Gasteiger partial charge >= 0.3 is 5.97 Å². The van der Waals surface area contributed by atoms with Gasteiger partial charge in [-0.1, -0.05) is 32.0 Å². The van der Waals surface area contributed by atoms with Crippen LogP contribution < -0.4 is 0 Å². The van der Waals surface area contributed by atoms with Crippen LogP contribution in [-0.4, -0.2) is 30.5 Å². The van der Waals surface area contributed by atoms with Crippen molar-refractivity contribution in [1.29, 1.82) is 0 Å². The van der Waals surface area contributed by atoms with E-state index in [0.717, 1.165) is 5.56 Å². The van der Waals surface area contributed by atoms with Gasteiger partial charge in [-0.25, -0.2) is 8.42 Å². The molecule has 104 valence electrons. The monoisotopic (exact) mass is 300 g/mol. The fourth-order valence-corrected chi connectivity index (χ4v) is 5.87. The second-order valence-electron chi connectivity index (χ2n) is 4.95. The summed E-state index contributed by atoms with van der Waals surface area (Å²) in [6.45, 7) is 3.67. The molecular weight excluding hydrogens is 284 g/mol. The highest BCUT2D eigenvalue weighted by atomic mass is 32.2. The minimum Gasteiger partial charge on any atom is -0.480 e. The third-order valence-corrected chi connectivity index (χ3v) is 6.94. The van der Waals surface area contributed by atoms with Crippen molar-refractivity contribution in [2.24, 2.45) is 5.92 Å². The largest absolute Gasteiger partial charge is 0.480 e. The van der Waals surface area contributed by atoms with Gasteiger partial charge in [-0.05, 0) is 17.5 Å². The third kappa shape index (κ3) is 2.79. The van der Waals surface area contributed by atoms with Crippen molar-refractivity contribution in [2.45, 2.75) is 29.2 Å². The molecule has 0 aromatic heterocycles. The number of fused-ring (bicyclic) bond motifs is 1. The summed E-state index contributed by atoms with van der Waals surface area (Å²) >= 11 is 1.23. The first-order chi connectivity index (χ1) is 8.83. The number of carboxylic acid groups (broad SMARTS) is 1. The topological polar surface area (TPSA) is 71.4 Å². The normalized spacial score (nSPS) is 22.2. The Morgan fingerprint density at radius 2 is 2.00 bits per heavy atom. The Labute approximate surface area is 117 Å². The molecular formula is C13H16O4S2. The molecule has 4 nitrogen and oxygen atoms in total. The van der Waals surface area contributed by atoms with Gasteiger partial charge in [-0.2, -0.15) is 0 Å². The zero-order chi connectivity index (χ0) is 14.2. The van der Waals surface area contributed by atoms with Crippen LogP contribution >= 0.6 is 11.8 Å². The number of hydrogen-bond donors (Lipinski definition) is 1. The maximum atomic E-state index is 12.0. The van der Waals surface area contributed by atoms with E-state index in [2.05, 4.69) is 0 Å². The van der Waals surface area contributed by atoms with E-state index >= 15 is 0 Å². The van der Waals surface area contributed by atoms with E-state index in [4.69, 9.17) is 0 Å². The van der Waals surface area contributed by atoms with Crippen LogP contribution in [-0.2, 0) is 14.6 Å². The number of hydrogen-bond acceptors (Lipinski definition) is 4. The van der Waals surface area contributed by atoms with Crippen LogP contribution in [0.3, 0.4) is 0 Å². The lowest BCUT2D eigenvalue weighted by Gasteiger charge is -2.19. The van der Waals surface area contributed by atoms with Crippen molar-refractivity contribution in [2.75, 3.05) is 5.75 Å². The van der Waals surface area contributed by atoms with Crippen LogP contribution in [0.1, 0.15) is 24.7 Å². The lowest BCUT2D eigenvalue weighted by Crippen LogP contribution is -2.24. The summed E-state index contributed by atoms with van der Waals surface area (Å²) in [7, 11) is -3.27. The standard InChI is InChI=1S/C13H16O4S2/c1-8(2)12(13(14)15)18-10-7-19(16,17)11-6-4-3-5-9(10)11/h3-6,8,10,12H,7H2,1-2H3,(H,14,15). The maximum Gasteiger partial charge on any atom is 0.316 e. The number of thioether (sulfide) groups is 1. The first kappa shape index (κ1) is 14.4. The van der Waals surface area contributed by atoms with Gasteiger partial charge in [0.2, 0.25) is 0 Å². The summed E-state index contributed by atoms with van der Waals surface area (Å²) in [5.41, 5.74) is 0.736. The zero-order valence-electron chi connectivity index (χ0n) is 10.7. The van der Waals surface area contributed by atoms with Crippen LogP contribution in [0.15, 0.2) is 29.2 Å². The van der Waals surface area contributed by atoms with Crippen molar-refractivity contribution in [3.05, 3.63) is 29.8 Å². The molecule has 0 bridgehead atoms. The van der Waals surface area contributed by atoms with E-state index in [1.54, 1.807) is 24.3 Å². The molecule has 0 spiro atoms. The molecule has 0 amide bonds. The second kappa shape index (κ2) is 5.17. The summed E-state index contributed by atoms with van der Waals surface area (Å²) in [5.74, 6) is -0.937. The Balaban J connectivity index is 2.32. The maximum absolute atomic E-state index is 12.0. The Kier molecular flexibility index (Phi) is 3.92. The Morgan fingerprint density at radius 3 is 2.58 bits per heavy atom. The van der Waals surface area contributed by atoms with Crippen LogP contribution in [0.5, 0.6) is 0 Å². The molecule has 0 radical (unpaired) electrons. The van der Waals surface area contributed by atoms with E-state index in [-0.39, 0.29) is 16.9 Å². The Bertz CT molecular complexity index is 592. The average Bonchev–Trinajstić information content (AvgIpc) is 2.58. The van der Waals surface area contributed by atoms with Crippen molar-refractivity contribution in [1.82, 2.24) is 0 Å². The van der Waals surface area contributed by atoms with Crippen LogP contribution in [0, 0.1) is 5.92 Å². The second-order valence-corrected chi connectivity index (χ2v) is 8.30. The van der Waals surface area contributed by atoms with Crippen LogP contribution in [0.25, 0.3) is 0 Å². The third-order valence-electron chi connectivity index (χ3n) is 3.13. The molecule has 0 fully saturated rings. The number of rotatable bonds is 4. The van der Waals surface area contributed by atoms with E-state index < -0.39 is 21.1 Å². The van der Waals surface area contributed by atoms with Gasteiger partial charge in [0.1, 0.15) is 5.25 Å². The molecule has 1 aliphatic rings. The number of carboxylic acids is 1. The number of sulfone groups is 1. The van der Waals surface area contributed by atoms with Crippen molar-refractivity contribution >= 4 is 27.6 Å². The number of aliphatic carboxylic acids is 1. The summed E-state index contributed by atoms with van der Waals surface area (Å²) in [5, 5.41) is 8.33. The predicted molar refractivity (Wildman–Crippen MR) is 75.1 cm³/mol. The highest BCUT2D eigenvalue weighted by Crippen LogP contribution is 2.44. The van der Waals surface area contributed by atoms with E-state index in [1.165, 1.54) is 11.8 Å². The molecule has 0 saturated carbocycles. The molecule has 19 heavy (non-hydrogen) atoms. The lowest BCUT2D eigenvalue weighted by molar-refractivity contribution is -0.137. The van der Waals surface area contributed by atoms with Crippen molar-refractivity contribution in [3.63, 3.8) is 0 Å². The van der Waals surface area contributed by atoms with Crippen molar-refractivity contribution in [3.8, 4) is 0 Å². The van der Waals surface area contributed by atoms with Gasteiger partial charge < -0.3 is 5.11 Å². The molecule has 0 aliphatic carbocycles. The summed E-state index contributed by atoms with van der Waals surface area (Å²) in [4.78, 5) is 11.6. The molecule has 1 aromatic rings. The van der Waals surface area contributed by atoms with Gasteiger partial charge in [0.25, 0.3) is 0 Å². The van der Waals surface area contributed by atoms with Crippen LogP contribution in [0.4, 0.5) is 0 Å². The first-order valence-corrected chi connectivity index (χ1v) is 8.62. The molecule has 1 N–H and O–H groups in total. The highest BCUT2D eigenvalue weighted by Gasteiger charge is 2.38. The lowest BCUT2D eigenvalue weighted by atomic mass is 10.1. The number of benzene rings is 1. The molecule has 1 aromatic carbocycles. The van der Waals surface area contributed by atoms with Gasteiger partial charge in [-0.3, -0.25) is 4.79 Å². The Hall–Kier alpha value is -1.01. The highest BCUT2D eigenvalue weighted by molar-refractivity contribution is 8.02. The minimum absolute atomic E-state index is 0.00644. The van der Waals surface area contributed by atoms with E-state index in [9.17, 15) is 18.3 Å². The summed E-state index contributed by atoms with van der Waals surface area (Å²) in [6, 6.07) is 6.85. The molecule has 6 heteroatoms. The molecule has 2 atom stereocenters. The quantitative estimate of drug-likeness (QED) is 0.924. The molecule has 2 unspecified atom stereocenters. The number of carbonyl (C=O) groups is 1. The minimum atomic E-state index is -3.27.